The van der Waals surface area contributed by atoms with Crippen LogP contribution in [0.4, 0.5) is 5.69 Å². The first kappa shape index (κ1) is 21.1. The van der Waals surface area contributed by atoms with Gasteiger partial charge in [-0.1, -0.05) is 18.5 Å². The number of hydrogen-bond acceptors (Lipinski definition) is 5. The number of halogens is 1. The highest BCUT2D eigenvalue weighted by Gasteiger charge is 2.31. The van der Waals surface area contributed by atoms with Crippen LogP contribution in [0.15, 0.2) is 51.8 Å². The number of carbonyl (C=O) groups excluding carboxylic acids is 2. The molecule has 1 aromatic heterocycles. The molecule has 152 valence electrons. The first-order chi connectivity index (χ1) is 13.7. The fraction of sp³-hybridized carbons (Fsp3) is 0.238. The minimum Gasteiger partial charge on any atom is -0.461 e. The van der Waals surface area contributed by atoms with E-state index in [4.69, 9.17) is 16.0 Å². The number of carbonyl (C=O) groups is 2. The molecule has 29 heavy (non-hydrogen) atoms. The smallest absolute Gasteiger partial charge is 0.270 e. The third-order valence-corrected chi connectivity index (χ3v) is 6.49. The summed E-state index contributed by atoms with van der Waals surface area (Å²) in [5.41, 5.74) is 0.964. The maximum absolute atomic E-state index is 13.3. The lowest BCUT2D eigenvalue weighted by Crippen LogP contribution is -2.36. The summed E-state index contributed by atoms with van der Waals surface area (Å²) >= 11 is 5.87. The summed E-state index contributed by atoms with van der Waals surface area (Å²) in [6, 6.07) is 10.2. The molecule has 0 fully saturated rings. The molecule has 1 amide bonds. The Bertz CT molecular complexity index is 1200. The van der Waals surface area contributed by atoms with E-state index < -0.39 is 15.9 Å². The minimum atomic E-state index is -4.18. The SMILES string of the molecule is CCCC(=O)N(c1ccc2oc(C)c(C(C)=O)c2c1)S(=O)(=O)c1ccc(Cl)cc1. The van der Waals surface area contributed by atoms with E-state index >= 15 is 0 Å². The number of furan rings is 1. The Kier molecular flexibility index (Phi) is 5.82. The highest BCUT2D eigenvalue weighted by Crippen LogP contribution is 2.33. The van der Waals surface area contributed by atoms with E-state index in [0.717, 1.165) is 4.31 Å². The predicted molar refractivity (Wildman–Crippen MR) is 112 cm³/mol. The second-order valence-corrected chi connectivity index (χ2v) is 8.86. The van der Waals surface area contributed by atoms with Gasteiger partial charge in [0, 0.05) is 16.8 Å². The molecule has 8 heteroatoms. The van der Waals surface area contributed by atoms with E-state index in [-0.39, 0.29) is 22.8 Å². The fourth-order valence-corrected chi connectivity index (χ4v) is 4.78. The topological polar surface area (TPSA) is 84.7 Å². The first-order valence-electron chi connectivity index (χ1n) is 9.04. The third-order valence-electron chi connectivity index (χ3n) is 4.48. The van der Waals surface area contributed by atoms with Gasteiger partial charge < -0.3 is 4.42 Å². The summed E-state index contributed by atoms with van der Waals surface area (Å²) in [5, 5.41) is 0.852. The summed E-state index contributed by atoms with van der Waals surface area (Å²) in [6.07, 6.45) is 0.534. The van der Waals surface area contributed by atoms with Gasteiger partial charge >= 0.3 is 0 Å². The average Bonchev–Trinajstić information content (AvgIpc) is 2.97. The molecule has 3 aromatic rings. The molecule has 0 radical (unpaired) electrons. The van der Waals surface area contributed by atoms with Gasteiger partial charge in [0.15, 0.2) is 5.78 Å². The van der Waals surface area contributed by atoms with Gasteiger partial charge in [-0.3, -0.25) is 9.59 Å². The molecular formula is C21H20ClNO5S. The number of sulfonamides is 1. The minimum absolute atomic E-state index is 0.0504. The number of rotatable bonds is 6. The van der Waals surface area contributed by atoms with E-state index in [9.17, 15) is 18.0 Å². The van der Waals surface area contributed by atoms with Crippen molar-refractivity contribution in [2.24, 2.45) is 0 Å². The van der Waals surface area contributed by atoms with Crippen LogP contribution in [0, 0.1) is 6.92 Å². The maximum Gasteiger partial charge on any atom is 0.270 e. The van der Waals surface area contributed by atoms with Gasteiger partial charge in [-0.2, -0.15) is 0 Å². The van der Waals surface area contributed by atoms with Gasteiger partial charge in [-0.05, 0) is 62.7 Å². The Morgan fingerprint density at radius 1 is 1.10 bits per heavy atom. The second-order valence-electron chi connectivity index (χ2n) is 6.64. The molecule has 3 rings (SSSR count). The summed E-state index contributed by atoms with van der Waals surface area (Å²) < 4.78 is 33.0. The van der Waals surface area contributed by atoms with E-state index in [1.165, 1.54) is 43.3 Å². The van der Waals surface area contributed by atoms with Crippen LogP contribution in [0.3, 0.4) is 0 Å². The monoisotopic (exact) mass is 433 g/mol. The molecule has 0 aliphatic carbocycles. The van der Waals surface area contributed by atoms with Crippen molar-refractivity contribution in [1.82, 2.24) is 0 Å². The van der Waals surface area contributed by atoms with E-state index in [2.05, 4.69) is 0 Å². The van der Waals surface area contributed by atoms with Crippen molar-refractivity contribution in [3.8, 4) is 0 Å². The zero-order valence-electron chi connectivity index (χ0n) is 16.2. The second kappa shape index (κ2) is 8.00. The number of anilines is 1. The van der Waals surface area contributed by atoms with Gasteiger partial charge in [-0.15, -0.1) is 0 Å². The van der Waals surface area contributed by atoms with Crippen molar-refractivity contribution >= 4 is 50.0 Å². The Morgan fingerprint density at radius 2 is 1.76 bits per heavy atom. The largest absolute Gasteiger partial charge is 0.461 e. The third kappa shape index (κ3) is 3.93. The standard InChI is InChI=1S/C21H20ClNO5S/c1-4-5-20(25)23(29(26,27)17-9-6-15(22)7-10-17)16-8-11-19-18(12-16)21(13(2)24)14(3)28-19/h6-12H,4-5H2,1-3H3. The number of aryl methyl sites for hydroxylation is 1. The number of fused-ring (bicyclic) bond motifs is 1. The van der Waals surface area contributed by atoms with Crippen LogP contribution < -0.4 is 4.31 Å². The van der Waals surface area contributed by atoms with E-state index in [1.54, 1.807) is 19.9 Å². The van der Waals surface area contributed by atoms with Crippen molar-refractivity contribution in [3.63, 3.8) is 0 Å². The Balaban J connectivity index is 2.22. The number of Topliss-reactive ketones (excluding diaryl/α,β-unsaturated/α-hetero) is 1. The molecular weight excluding hydrogens is 414 g/mol. The van der Waals surface area contributed by atoms with Crippen molar-refractivity contribution in [1.29, 1.82) is 0 Å². The fourth-order valence-electron chi connectivity index (χ4n) is 3.22. The molecule has 0 atom stereocenters. The molecule has 0 saturated carbocycles. The number of hydrogen-bond donors (Lipinski definition) is 0. The van der Waals surface area contributed by atoms with Gasteiger partial charge in [0.25, 0.3) is 10.0 Å². The van der Waals surface area contributed by atoms with Crippen LogP contribution in [0.5, 0.6) is 0 Å². The Labute approximate surface area is 174 Å². The molecule has 0 aliphatic rings. The molecule has 0 unspecified atom stereocenters. The predicted octanol–water partition coefficient (Wildman–Crippen LogP) is 5.12. The lowest BCUT2D eigenvalue weighted by Gasteiger charge is -2.22. The van der Waals surface area contributed by atoms with Crippen molar-refractivity contribution < 1.29 is 22.4 Å². The maximum atomic E-state index is 13.3. The lowest BCUT2D eigenvalue weighted by molar-refractivity contribution is -0.117. The summed E-state index contributed by atoms with van der Waals surface area (Å²) in [4.78, 5) is 24.8. The van der Waals surface area contributed by atoms with Crippen LogP contribution in [0.1, 0.15) is 42.8 Å². The zero-order chi connectivity index (χ0) is 21.3. The van der Waals surface area contributed by atoms with Crippen LogP contribution >= 0.6 is 11.6 Å². The molecule has 0 spiro atoms. The lowest BCUT2D eigenvalue weighted by atomic mass is 10.1. The van der Waals surface area contributed by atoms with Crippen molar-refractivity contribution in [3.05, 3.63) is 58.8 Å². The molecule has 1 heterocycles. The van der Waals surface area contributed by atoms with Gasteiger partial charge in [0.1, 0.15) is 11.3 Å². The molecule has 0 bridgehead atoms. The molecule has 0 aliphatic heterocycles. The highest BCUT2D eigenvalue weighted by atomic mass is 35.5. The zero-order valence-corrected chi connectivity index (χ0v) is 17.8. The van der Waals surface area contributed by atoms with Crippen LogP contribution in [0.2, 0.25) is 5.02 Å². The number of ketones is 1. The molecule has 0 saturated heterocycles. The van der Waals surface area contributed by atoms with E-state index in [1.807, 2.05) is 0 Å². The average molecular weight is 434 g/mol. The Hall–Kier alpha value is -2.64. The first-order valence-corrected chi connectivity index (χ1v) is 10.9. The molecule has 0 N–H and O–H groups in total. The normalized spacial score (nSPS) is 11.6. The van der Waals surface area contributed by atoms with Crippen molar-refractivity contribution in [2.45, 2.75) is 38.5 Å². The number of nitrogens with zero attached hydrogens (tertiary/aromatic N) is 1. The summed E-state index contributed by atoms with van der Waals surface area (Å²) in [5.74, 6) is -0.326. The highest BCUT2D eigenvalue weighted by molar-refractivity contribution is 7.93. The van der Waals surface area contributed by atoms with Crippen LogP contribution in [-0.4, -0.2) is 20.1 Å². The van der Waals surface area contributed by atoms with Gasteiger partial charge in [0.05, 0.1) is 16.1 Å². The molecule has 2 aromatic carbocycles. The molecule has 6 nitrogen and oxygen atoms in total. The quantitative estimate of drug-likeness (QED) is 0.503. The van der Waals surface area contributed by atoms with Gasteiger partial charge in [0.2, 0.25) is 5.91 Å². The van der Waals surface area contributed by atoms with Gasteiger partial charge in [-0.25, -0.2) is 12.7 Å². The Morgan fingerprint density at radius 3 is 2.34 bits per heavy atom. The van der Waals surface area contributed by atoms with Crippen LogP contribution in [0.25, 0.3) is 11.0 Å². The van der Waals surface area contributed by atoms with Crippen molar-refractivity contribution in [2.75, 3.05) is 4.31 Å². The van der Waals surface area contributed by atoms with Crippen LogP contribution in [-0.2, 0) is 14.8 Å². The summed E-state index contributed by atoms with van der Waals surface area (Å²) in [6.45, 7) is 4.87. The number of amides is 1. The summed E-state index contributed by atoms with van der Waals surface area (Å²) in [7, 11) is -4.18. The number of benzene rings is 2. The van der Waals surface area contributed by atoms with E-state index in [0.29, 0.717) is 33.7 Å².